The van der Waals surface area contributed by atoms with Crippen LogP contribution in [0.4, 0.5) is 0 Å². The van der Waals surface area contributed by atoms with Crippen LogP contribution >= 0.6 is 0 Å². The third-order valence-electron chi connectivity index (χ3n) is 4.01. The number of ether oxygens (including phenoxy) is 2. The summed E-state index contributed by atoms with van der Waals surface area (Å²) < 4.78 is 21.3. The van der Waals surface area contributed by atoms with E-state index in [0.717, 1.165) is 5.56 Å². The number of amides is 1. The molecule has 138 valence electrons. The standard InChI is InChI=1S/C20H17NO6/c22-14(15-6-7-18(27-15)16-2-1-9-24-16)11-21-20(23)8-4-13-3-5-17-19(10-13)26-12-25-17/h1-10,14,22H,11-12H2,(H,21,23)/b8-4+. The lowest BCUT2D eigenvalue weighted by Gasteiger charge is -2.08. The van der Waals surface area contributed by atoms with Gasteiger partial charge in [-0.3, -0.25) is 4.79 Å². The summed E-state index contributed by atoms with van der Waals surface area (Å²) in [5.74, 6) is 2.45. The highest BCUT2D eigenvalue weighted by atomic mass is 16.7. The van der Waals surface area contributed by atoms with E-state index in [1.54, 1.807) is 48.7 Å². The van der Waals surface area contributed by atoms with Gasteiger partial charge in [-0.25, -0.2) is 0 Å². The lowest BCUT2D eigenvalue weighted by atomic mass is 10.2. The van der Waals surface area contributed by atoms with E-state index in [0.29, 0.717) is 28.8 Å². The third-order valence-corrected chi connectivity index (χ3v) is 4.01. The Morgan fingerprint density at radius 3 is 2.89 bits per heavy atom. The normalized spacial score (nSPS) is 13.8. The molecule has 7 heteroatoms. The van der Waals surface area contributed by atoms with Crippen molar-refractivity contribution in [3.8, 4) is 23.0 Å². The van der Waals surface area contributed by atoms with Crippen LogP contribution in [-0.4, -0.2) is 24.4 Å². The van der Waals surface area contributed by atoms with Gasteiger partial charge < -0.3 is 28.7 Å². The zero-order chi connectivity index (χ0) is 18.6. The number of fused-ring (bicyclic) bond motifs is 1. The van der Waals surface area contributed by atoms with Crippen LogP contribution in [0.1, 0.15) is 17.4 Å². The Morgan fingerprint density at radius 2 is 2.04 bits per heavy atom. The van der Waals surface area contributed by atoms with Crippen LogP contribution in [0.3, 0.4) is 0 Å². The topological polar surface area (TPSA) is 94.1 Å². The van der Waals surface area contributed by atoms with Gasteiger partial charge in [-0.15, -0.1) is 0 Å². The van der Waals surface area contributed by atoms with E-state index in [4.69, 9.17) is 18.3 Å². The molecule has 7 nitrogen and oxygen atoms in total. The summed E-state index contributed by atoms with van der Waals surface area (Å²) in [6.07, 6.45) is 3.63. The van der Waals surface area contributed by atoms with E-state index in [1.807, 2.05) is 6.07 Å². The lowest BCUT2D eigenvalue weighted by Crippen LogP contribution is -2.26. The van der Waals surface area contributed by atoms with E-state index in [1.165, 1.54) is 6.08 Å². The van der Waals surface area contributed by atoms with Gasteiger partial charge in [0.1, 0.15) is 11.9 Å². The minimum atomic E-state index is -0.961. The summed E-state index contributed by atoms with van der Waals surface area (Å²) in [6, 6.07) is 12.3. The Hall–Kier alpha value is -3.45. The Labute approximate surface area is 154 Å². The number of nitrogens with one attached hydrogen (secondary N) is 1. The van der Waals surface area contributed by atoms with E-state index in [9.17, 15) is 9.90 Å². The Kier molecular flexibility index (Phi) is 4.67. The number of carbonyl (C=O) groups excluding carboxylic acids is 1. The molecule has 2 N–H and O–H groups in total. The average Bonchev–Trinajstić information content (AvgIpc) is 3.44. The van der Waals surface area contributed by atoms with Crippen LogP contribution in [0, 0.1) is 0 Å². The van der Waals surface area contributed by atoms with Crippen molar-refractivity contribution in [2.45, 2.75) is 6.10 Å². The molecule has 0 aliphatic carbocycles. The predicted molar refractivity (Wildman–Crippen MR) is 96.0 cm³/mol. The highest BCUT2D eigenvalue weighted by Gasteiger charge is 2.15. The van der Waals surface area contributed by atoms with Crippen molar-refractivity contribution >= 4 is 12.0 Å². The van der Waals surface area contributed by atoms with Crippen molar-refractivity contribution in [1.29, 1.82) is 0 Å². The van der Waals surface area contributed by atoms with Gasteiger partial charge >= 0.3 is 0 Å². The first-order valence-electron chi connectivity index (χ1n) is 8.36. The van der Waals surface area contributed by atoms with Crippen molar-refractivity contribution < 1.29 is 28.2 Å². The summed E-state index contributed by atoms with van der Waals surface area (Å²) in [5.41, 5.74) is 0.809. The Morgan fingerprint density at radius 1 is 1.15 bits per heavy atom. The minimum absolute atomic E-state index is 0.0232. The highest BCUT2D eigenvalue weighted by molar-refractivity contribution is 5.91. The molecule has 3 aromatic rings. The second kappa shape index (κ2) is 7.43. The molecule has 3 heterocycles. The third kappa shape index (κ3) is 3.88. The first-order chi connectivity index (χ1) is 13.2. The molecule has 27 heavy (non-hydrogen) atoms. The molecular weight excluding hydrogens is 350 g/mol. The SMILES string of the molecule is O=C(/C=C/c1ccc2c(c1)OCO2)NCC(O)c1ccc(-c2ccco2)o1. The van der Waals surface area contributed by atoms with Crippen LogP contribution in [0.2, 0.25) is 0 Å². The van der Waals surface area contributed by atoms with Crippen LogP contribution < -0.4 is 14.8 Å². The first kappa shape index (κ1) is 17.0. The summed E-state index contributed by atoms with van der Waals surface area (Å²) in [5, 5.41) is 12.8. The smallest absolute Gasteiger partial charge is 0.244 e. The average molecular weight is 367 g/mol. The van der Waals surface area contributed by atoms with Gasteiger partial charge in [0.25, 0.3) is 0 Å². The summed E-state index contributed by atoms with van der Waals surface area (Å²) in [6.45, 7) is 0.227. The molecule has 0 saturated heterocycles. The van der Waals surface area contributed by atoms with Crippen molar-refractivity contribution in [2.75, 3.05) is 13.3 Å². The van der Waals surface area contributed by atoms with Gasteiger partial charge in [0.05, 0.1) is 12.8 Å². The zero-order valence-electron chi connectivity index (χ0n) is 14.3. The number of furan rings is 2. The van der Waals surface area contributed by atoms with Crippen molar-refractivity contribution in [3.05, 3.63) is 66.1 Å². The van der Waals surface area contributed by atoms with Crippen LogP contribution in [0.15, 0.2) is 63.6 Å². The van der Waals surface area contributed by atoms with Crippen LogP contribution in [-0.2, 0) is 4.79 Å². The summed E-state index contributed by atoms with van der Waals surface area (Å²) in [4.78, 5) is 12.0. The fraction of sp³-hybridized carbons (Fsp3) is 0.150. The number of hydrogen-bond acceptors (Lipinski definition) is 6. The fourth-order valence-corrected chi connectivity index (χ4v) is 2.63. The Bertz CT molecular complexity index is 957. The largest absolute Gasteiger partial charge is 0.461 e. The van der Waals surface area contributed by atoms with Crippen molar-refractivity contribution in [3.63, 3.8) is 0 Å². The van der Waals surface area contributed by atoms with Crippen molar-refractivity contribution in [2.24, 2.45) is 0 Å². The molecule has 0 spiro atoms. The van der Waals surface area contributed by atoms with Gasteiger partial charge in [-0.05, 0) is 48.0 Å². The maximum absolute atomic E-state index is 12.0. The van der Waals surface area contributed by atoms with Gasteiger partial charge in [0.2, 0.25) is 12.7 Å². The number of aliphatic hydroxyl groups is 1. The van der Waals surface area contributed by atoms with E-state index >= 15 is 0 Å². The number of carbonyl (C=O) groups is 1. The molecule has 1 aliphatic heterocycles. The number of hydrogen-bond donors (Lipinski definition) is 2. The van der Waals surface area contributed by atoms with Gasteiger partial charge in [0, 0.05) is 6.08 Å². The molecule has 0 bridgehead atoms. The monoisotopic (exact) mass is 367 g/mol. The first-order valence-corrected chi connectivity index (χ1v) is 8.36. The molecule has 1 aliphatic rings. The maximum atomic E-state index is 12.0. The molecule has 1 amide bonds. The van der Waals surface area contributed by atoms with Crippen molar-refractivity contribution in [1.82, 2.24) is 5.32 Å². The van der Waals surface area contributed by atoms with Gasteiger partial charge in [-0.1, -0.05) is 6.07 Å². The van der Waals surface area contributed by atoms with Gasteiger partial charge in [-0.2, -0.15) is 0 Å². The molecule has 4 rings (SSSR count). The zero-order valence-corrected chi connectivity index (χ0v) is 14.3. The fourth-order valence-electron chi connectivity index (χ4n) is 2.63. The molecule has 1 atom stereocenters. The molecular formula is C20H17NO6. The van der Waals surface area contributed by atoms with E-state index in [-0.39, 0.29) is 19.2 Å². The Balaban J connectivity index is 1.31. The second-order valence-electron chi connectivity index (χ2n) is 5.89. The molecule has 1 aromatic carbocycles. The lowest BCUT2D eigenvalue weighted by molar-refractivity contribution is -0.116. The minimum Gasteiger partial charge on any atom is -0.461 e. The quantitative estimate of drug-likeness (QED) is 0.650. The summed E-state index contributed by atoms with van der Waals surface area (Å²) in [7, 11) is 0. The van der Waals surface area contributed by atoms with E-state index in [2.05, 4.69) is 5.32 Å². The number of benzene rings is 1. The molecule has 0 saturated carbocycles. The molecule has 0 fully saturated rings. The van der Waals surface area contributed by atoms with Crippen LogP contribution in [0.25, 0.3) is 17.6 Å². The molecule has 1 unspecified atom stereocenters. The predicted octanol–water partition coefficient (Wildman–Crippen LogP) is 3.13. The second-order valence-corrected chi connectivity index (χ2v) is 5.89. The molecule has 0 radical (unpaired) electrons. The number of aliphatic hydroxyl groups excluding tert-OH is 1. The van der Waals surface area contributed by atoms with Gasteiger partial charge in [0.15, 0.2) is 23.0 Å². The maximum Gasteiger partial charge on any atom is 0.244 e. The summed E-state index contributed by atoms with van der Waals surface area (Å²) >= 11 is 0. The number of rotatable bonds is 6. The highest BCUT2D eigenvalue weighted by Crippen LogP contribution is 2.32. The van der Waals surface area contributed by atoms with Crippen LogP contribution in [0.5, 0.6) is 11.5 Å². The molecule has 2 aromatic heterocycles. The van der Waals surface area contributed by atoms with E-state index < -0.39 is 6.10 Å².